The lowest BCUT2D eigenvalue weighted by atomic mass is 10.2. The first-order valence-corrected chi connectivity index (χ1v) is 6.03. The maximum atomic E-state index is 5.67. The third kappa shape index (κ3) is 3.28. The van der Waals surface area contributed by atoms with Crippen LogP contribution in [0.15, 0.2) is 4.52 Å². The number of aromatic nitrogens is 2. The topological polar surface area (TPSA) is 68.2 Å². The number of nitrogens with two attached hydrogens (primary N) is 1. The van der Waals surface area contributed by atoms with Crippen molar-refractivity contribution < 1.29 is 4.52 Å². The quantitative estimate of drug-likeness (QED) is 0.793. The van der Waals surface area contributed by atoms with E-state index >= 15 is 0 Å². The van der Waals surface area contributed by atoms with Crippen LogP contribution < -0.4 is 5.73 Å². The fraction of sp³-hybridized carbons (Fsp3) is 0.818. The van der Waals surface area contributed by atoms with Gasteiger partial charge in [0.1, 0.15) is 0 Å². The normalized spacial score (nSPS) is 19.1. The maximum absolute atomic E-state index is 5.67. The van der Waals surface area contributed by atoms with E-state index in [9.17, 15) is 0 Å². The first kappa shape index (κ1) is 11.5. The molecule has 1 aliphatic rings. The maximum Gasteiger partial charge on any atom is 0.228 e. The van der Waals surface area contributed by atoms with E-state index in [1.54, 1.807) is 0 Å². The number of hydrogen-bond acceptors (Lipinski definition) is 5. The first-order valence-electron chi connectivity index (χ1n) is 6.03. The van der Waals surface area contributed by atoms with E-state index in [-0.39, 0.29) is 6.04 Å². The van der Waals surface area contributed by atoms with Crippen LogP contribution in [0.4, 0.5) is 0 Å². The first-order chi connectivity index (χ1) is 7.74. The second-order valence-corrected chi connectivity index (χ2v) is 4.58. The fourth-order valence-electron chi connectivity index (χ4n) is 2.01. The zero-order valence-electron chi connectivity index (χ0n) is 9.85. The van der Waals surface area contributed by atoms with E-state index < -0.39 is 0 Å². The second-order valence-electron chi connectivity index (χ2n) is 4.58. The molecule has 5 heteroatoms. The van der Waals surface area contributed by atoms with E-state index in [2.05, 4.69) is 15.0 Å². The molecule has 5 nitrogen and oxygen atoms in total. The van der Waals surface area contributed by atoms with Gasteiger partial charge in [0.05, 0.1) is 0 Å². The fourth-order valence-corrected chi connectivity index (χ4v) is 2.01. The Bertz CT molecular complexity index is 318. The van der Waals surface area contributed by atoms with E-state index in [4.69, 9.17) is 10.3 Å². The molecule has 1 aromatic rings. The second kappa shape index (κ2) is 5.41. The highest BCUT2D eigenvalue weighted by Crippen LogP contribution is 2.08. The summed E-state index contributed by atoms with van der Waals surface area (Å²) in [6.07, 6.45) is 4.18. The Kier molecular flexibility index (Phi) is 3.90. The van der Waals surface area contributed by atoms with Crippen molar-refractivity contribution in [3.8, 4) is 0 Å². The van der Waals surface area contributed by atoms with Crippen molar-refractivity contribution in [2.24, 2.45) is 5.73 Å². The highest BCUT2D eigenvalue weighted by atomic mass is 16.5. The average molecular weight is 224 g/mol. The number of hydrogen-bond donors (Lipinski definition) is 1. The standard InChI is InChI=1S/C11H20N4O/c1-9(12)8-11-13-10(14-16-11)4-7-15-5-2-3-6-15/h9H,2-8,12H2,1H3. The summed E-state index contributed by atoms with van der Waals surface area (Å²) in [6, 6.07) is 0.0758. The molecule has 0 saturated carbocycles. The van der Waals surface area contributed by atoms with Crippen molar-refractivity contribution in [2.45, 2.75) is 38.6 Å². The molecule has 2 N–H and O–H groups in total. The van der Waals surface area contributed by atoms with Gasteiger partial charge in [-0.1, -0.05) is 5.16 Å². The van der Waals surface area contributed by atoms with Crippen LogP contribution >= 0.6 is 0 Å². The molecule has 1 fully saturated rings. The number of nitrogens with zero attached hydrogens (tertiary/aromatic N) is 3. The van der Waals surface area contributed by atoms with Crippen molar-refractivity contribution in [1.82, 2.24) is 15.0 Å². The molecule has 0 radical (unpaired) electrons. The molecule has 1 saturated heterocycles. The Morgan fingerprint density at radius 1 is 1.44 bits per heavy atom. The molecule has 0 aliphatic carbocycles. The Labute approximate surface area is 96.0 Å². The molecule has 0 aromatic carbocycles. The molecule has 0 bridgehead atoms. The van der Waals surface area contributed by atoms with Gasteiger partial charge in [0.2, 0.25) is 5.89 Å². The van der Waals surface area contributed by atoms with Crippen molar-refractivity contribution in [2.75, 3.05) is 19.6 Å². The van der Waals surface area contributed by atoms with Crippen molar-refractivity contribution in [3.05, 3.63) is 11.7 Å². The van der Waals surface area contributed by atoms with Gasteiger partial charge in [-0.05, 0) is 32.9 Å². The summed E-state index contributed by atoms with van der Waals surface area (Å²) in [5.74, 6) is 1.47. The predicted molar refractivity (Wildman–Crippen MR) is 61.0 cm³/mol. The van der Waals surface area contributed by atoms with Crippen LogP contribution in [0.5, 0.6) is 0 Å². The SMILES string of the molecule is CC(N)Cc1nc(CCN2CCCC2)no1. The average Bonchev–Trinajstić information content (AvgIpc) is 2.84. The van der Waals surface area contributed by atoms with Gasteiger partial charge in [-0.25, -0.2) is 0 Å². The molecule has 16 heavy (non-hydrogen) atoms. The van der Waals surface area contributed by atoms with Crippen LogP contribution in [0.25, 0.3) is 0 Å². The van der Waals surface area contributed by atoms with Gasteiger partial charge in [0, 0.05) is 25.4 Å². The molecular weight excluding hydrogens is 204 g/mol. The Morgan fingerprint density at radius 2 is 2.19 bits per heavy atom. The van der Waals surface area contributed by atoms with E-state index in [0.717, 1.165) is 18.8 Å². The van der Waals surface area contributed by atoms with Gasteiger partial charge in [0.25, 0.3) is 0 Å². The zero-order valence-corrected chi connectivity index (χ0v) is 9.85. The summed E-state index contributed by atoms with van der Waals surface area (Å²) >= 11 is 0. The predicted octanol–water partition coefficient (Wildman–Crippen LogP) is 0.598. The minimum atomic E-state index is 0.0758. The van der Waals surface area contributed by atoms with Crippen molar-refractivity contribution in [1.29, 1.82) is 0 Å². The Hall–Kier alpha value is -0.940. The molecule has 0 spiro atoms. The van der Waals surface area contributed by atoms with Crippen LogP contribution in [0.2, 0.25) is 0 Å². The summed E-state index contributed by atoms with van der Waals surface area (Å²) in [4.78, 5) is 6.77. The van der Waals surface area contributed by atoms with E-state index in [0.29, 0.717) is 12.3 Å². The molecule has 1 aromatic heterocycles. The van der Waals surface area contributed by atoms with Gasteiger partial charge in [-0.2, -0.15) is 4.98 Å². The van der Waals surface area contributed by atoms with Gasteiger partial charge in [0.15, 0.2) is 5.82 Å². The molecule has 2 rings (SSSR count). The Morgan fingerprint density at radius 3 is 2.88 bits per heavy atom. The van der Waals surface area contributed by atoms with Gasteiger partial charge in [-0.3, -0.25) is 0 Å². The van der Waals surface area contributed by atoms with Crippen LogP contribution in [0.1, 0.15) is 31.5 Å². The van der Waals surface area contributed by atoms with Gasteiger partial charge >= 0.3 is 0 Å². The van der Waals surface area contributed by atoms with Crippen LogP contribution in [-0.4, -0.2) is 40.7 Å². The molecule has 90 valence electrons. The summed E-state index contributed by atoms with van der Waals surface area (Å²) < 4.78 is 5.13. The summed E-state index contributed by atoms with van der Waals surface area (Å²) in [5, 5.41) is 3.96. The lowest BCUT2D eigenvalue weighted by molar-refractivity contribution is 0.333. The third-order valence-electron chi connectivity index (χ3n) is 2.86. The highest BCUT2D eigenvalue weighted by Gasteiger charge is 2.13. The van der Waals surface area contributed by atoms with Gasteiger partial charge < -0.3 is 15.2 Å². The lowest BCUT2D eigenvalue weighted by Gasteiger charge is -2.11. The van der Waals surface area contributed by atoms with Gasteiger partial charge in [-0.15, -0.1) is 0 Å². The van der Waals surface area contributed by atoms with Crippen LogP contribution in [0.3, 0.4) is 0 Å². The van der Waals surface area contributed by atoms with E-state index in [1.165, 1.54) is 25.9 Å². The molecule has 2 heterocycles. The van der Waals surface area contributed by atoms with Crippen molar-refractivity contribution in [3.63, 3.8) is 0 Å². The Balaban J connectivity index is 1.78. The smallest absolute Gasteiger partial charge is 0.228 e. The molecule has 1 aliphatic heterocycles. The summed E-state index contributed by atoms with van der Waals surface area (Å²) in [5.41, 5.74) is 5.67. The lowest BCUT2D eigenvalue weighted by Crippen LogP contribution is -2.22. The molecular formula is C11H20N4O. The molecule has 1 unspecified atom stereocenters. The van der Waals surface area contributed by atoms with Crippen LogP contribution in [-0.2, 0) is 12.8 Å². The number of rotatable bonds is 5. The zero-order chi connectivity index (χ0) is 11.4. The molecule has 0 amide bonds. The third-order valence-corrected chi connectivity index (χ3v) is 2.86. The summed E-state index contributed by atoms with van der Waals surface area (Å²) in [6.45, 7) is 5.40. The minimum Gasteiger partial charge on any atom is -0.339 e. The van der Waals surface area contributed by atoms with Crippen LogP contribution in [0, 0.1) is 0 Å². The van der Waals surface area contributed by atoms with E-state index in [1.807, 2.05) is 6.92 Å². The molecule has 1 atom stereocenters. The monoisotopic (exact) mass is 224 g/mol. The summed E-state index contributed by atoms with van der Waals surface area (Å²) in [7, 11) is 0. The van der Waals surface area contributed by atoms with Crippen molar-refractivity contribution >= 4 is 0 Å². The number of likely N-dealkylation sites (tertiary alicyclic amines) is 1. The highest BCUT2D eigenvalue weighted by molar-refractivity contribution is 4.89. The largest absolute Gasteiger partial charge is 0.339 e. The minimum absolute atomic E-state index is 0.0758.